The topological polar surface area (TPSA) is 12.9 Å². The highest BCUT2D eigenvalue weighted by Crippen LogP contribution is 2.31. The summed E-state index contributed by atoms with van der Waals surface area (Å²) in [7, 11) is 0. The molecule has 6 heteroatoms. The Bertz CT molecular complexity index is 277. The first kappa shape index (κ1) is 12.7. The number of pyridine rings is 1. The molecule has 0 unspecified atom stereocenters. The van der Waals surface area contributed by atoms with Crippen LogP contribution < -0.4 is 0 Å². The molecule has 0 spiro atoms. The molecular formula is C7H6BrClF3N. The van der Waals surface area contributed by atoms with Crippen molar-refractivity contribution in [2.24, 2.45) is 0 Å². The fourth-order valence-corrected chi connectivity index (χ4v) is 1.25. The van der Waals surface area contributed by atoms with Gasteiger partial charge in [-0.15, -0.1) is 12.4 Å². The van der Waals surface area contributed by atoms with Crippen LogP contribution in [0.2, 0.25) is 0 Å². The second-order valence-corrected chi connectivity index (χ2v) is 2.69. The van der Waals surface area contributed by atoms with Gasteiger partial charge < -0.3 is 0 Å². The van der Waals surface area contributed by atoms with E-state index >= 15 is 0 Å². The van der Waals surface area contributed by atoms with Crippen LogP contribution in [0.1, 0.15) is 11.3 Å². The minimum absolute atomic E-state index is 0. The third-order valence-electron chi connectivity index (χ3n) is 1.32. The number of hydrogen-bond donors (Lipinski definition) is 0. The summed E-state index contributed by atoms with van der Waals surface area (Å²) >= 11 is 2.94. The number of halogens is 5. The Morgan fingerprint density at radius 3 is 2.38 bits per heavy atom. The molecule has 0 aliphatic rings. The van der Waals surface area contributed by atoms with Gasteiger partial charge in [0.15, 0.2) is 0 Å². The quantitative estimate of drug-likeness (QED) is 0.716. The molecule has 1 aromatic rings. The molecule has 1 rings (SSSR count). The molecule has 1 heterocycles. The van der Waals surface area contributed by atoms with E-state index in [-0.39, 0.29) is 23.4 Å². The van der Waals surface area contributed by atoms with Gasteiger partial charge in [-0.2, -0.15) is 13.2 Å². The monoisotopic (exact) mass is 275 g/mol. The van der Waals surface area contributed by atoms with Gasteiger partial charge in [-0.25, -0.2) is 0 Å². The lowest BCUT2D eigenvalue weighted by Crippen LogP contribution is -2.09. The van der Waals surface area contributed by atoms with E-state index in [0.29, 0.717) is 0 Å². The Morgan fingerprint density at radius 2 is 2.00 bits per heavy atom. The Balaban J connectivity index is 0.00000144. The van der Waals surface area contributed by atoms with Crippen molar-refractivity contribution in [3.63, 3.8) is 0 Å². The van der Waals surface area contributed by atoms with Gasteiger partial charge in [0.1, 0.15) is 0 Å². The molecule has 0 N–H and O–H groups in total. The minimum atomic E-state index is -4.31. The van der Waals surface area contributed by atoms with Gasteiger partial charge in [0.2, 0.25) is 0 Å². The van der Waals surface area contributed by atoms with Crippen LogP contribution in [-0.4, -0.2) is 4.98 Å². The SMILES string of the molecule is Cl.FC(F)(F)c1cccnc1CBr. The molecule has 0 atom stereocenters. The lowest BCUT2D eigenvalue weighted by molar-refractivity contribution is -0.138. The Labute approximate surface area is 87.9 Å². The Kier molecular flexibility index (Phi) is 4.70. The van der Waals surface area contributed by atoms with E-state index in [4.69, 9.17) is 0 Å². The van der Waals surface area contributed by atoms with Gasteiger partial charge in [0.05, 0.1) is 11.3 Å². The van der Waals surface area contributed by atoms with E-state index < -0.39 is 11.7 Å². The number of rotatable bonds is 1. The maximum atomic E-state index is 12.2. The molecule has 1 aromatic heterocycles. The molecule has 0 aliphatic carbocycles. The predicted octanol–water partition coefficient (Wildman–Crippen LogP) is 3.42. The summed E-state index contributed by atoms with van der Waals surface area (Å²) in [5.74, 6) is 0. The van der Waals surface area contributed by atoms with Crippen molar-refractivity contribution in [1.82, 2.24) is 4.98 Å². The normalized spacial score (nSPS) is 10.8. The van der Waals surface area contributed by atoms with Crippen molar-refractivity contribution in [1.29, 1.82) is 0 Å². The highest BCUT2D eigenvalue weighted by Gasteiger charge is 2.33. The molecule has 0 aromatic carbocycles. The summed E-state index contributed by atoms with van der Waals surface area (Å²) < 4.78 is 36.5. The standard InChI is InChI=1S/C7H5BrF3N.ClH/c8-4-6-5(7(9,10)11)2-1-3-12-6;/h1-3H,4H2;1H. The smallest absolute Gasteiger partial charge is 0.260 e. The number of aromatic nitrogens is 1. The van der Waals surface area contributed by atoms with Crippen LogP contribution in [0, 0.1) is 0 Å². The summed E-state index contributed by atoms with van der Waals surface area (Å²) in [6.07, 6.45) is -2.97. The highest BCUT2D eigenvalue weighted by molar-refractivity contribution is 9.08. The lowest BCUT2D eigenvalue weighted by Gasteiger charge is -2.08. The molecule has 74 valence electrons. The first-order valence-electron chi connectivity index (χ1n) is 3.12. The third kappa shape index (κ3) is 3.15. The predicted molar refractivity (Wildman–Crippen MR) is 49.1 cm³/mol. The molecule has 13 heavy (non-hydrogen) atoms. The van der Waals surface area contributed by atoms with Crippen LogP contribution in [0.4, 0.5) is 13.2 Å². The van der Waals surface area contributed by atoms with Crippen LogP contribution in [0.5, 0.6) is 0 Å². The van der Waals surface area contributed by atoms with Gasteiger partial charge in [-0.05, 0) is 12.1 Å². The number of alkyl halides is 4. The van der Waals surface area contributed by atoms with Crippen LogP contribution in [0.3, 0.4) is 0 Å². The molecule has 0 radical (unpaired) electrons. The molecule has 0 amide bonds. The van der Waals surface area contributed by atoms with Gasteiger partial charge in [0, 0.05) is 11.5 Å². The number of hydrogen-bond acceptors (Lipinski definition) is 1. The lowest BCUT2D eigenvalue weighted by atomic mass is 10.2. The molecule has 0 saturated heterocycles. The van der Waals surface area contributed by atoms with Crippen molar-refractivity contribution in [2.75, 3.05) is 0 Å². The Morgan fingerprint density at radius 1 is 1.38 bits per heavy atom. The fourth-order valence-electron chi connectivity index (χ4n) is 0.803. The highest BCUT2D eigenvalue weighted by atomic mass is 79.9. The first-order chi connectivity index (χ1) is 5.55. The van der Waals surface area contributed by atoms with Gasteiger partial charge >= 0.3 is 6.18 Å². The average molecular weight is 276 g/mol. The van der Waals surface area contributed by atoms with Crippen LogP contribution in [0.15, 0.2) is 18.3 Å². The molecule has 0 fully saturated rings. The maximum Gasteiger partial charge on any atom is 0.418 e. The second-order valence-electron chi connectivity index (χ2n) is 2.13. The van der Waals surface area contributed by atoms with E-state index in [1.165, 1.54) is 12.3 Å². The largest absolute Gasteiger partial charge is 0.418 e. The molecule has 0 aliphatic heterocycles. The molecule has 1 nitrogen and oxygen atoms in total. The van der Waals surface area contributed by atoms with E-state index in [2.05, 4.69) is 20.9 Å². The third-order valence-corrected chi connectivity index (χ3v) is 1.85. The van der Waals surface area contributed by atoms with Crippen molar-refractivity contribution < 1.29 is 13.2 Å². The zero-order chi connectivity index (χ0) is 9.19. The molecule has 0 bridgehead atoms. The van der Waals surface area contributed by atoms with Crippen molar-refractivity contribution in [2.45, 2.75) is 11.5 Å². The van der Waals surface area contributed by atoms with Crippen molar-refractivity contribution >= 4 is 28.3 Å². The van der Waals surface area contributed by atoms with E-state index in [1.807, 2.05) is 0 Å². The molecule has 0 saturated carbocycles. The van der Waals surface area contributed by atoms with Gasteiger partial charge in [-0.3, -0.25) is 4.98 Å². The zero-order valence-corrected chi connectivity index (χ0v) is 8.71. The summed E-state index contributed by atoms with van der Waals surface area (Å²) in [6, 6.07) is 2.29. The van der Waals surface area contributed by atoms with Crippen molar-refractivity contribution in [3.05, 3.63) is 29.6 Å². The Hall–Kier alpha value is -0.290. The maximum absolute atomic E-state index is 12.2. The first-order valence-corrected chi connectivity index (χ1v) is 4.25. The van der Waals surface area contributed by atoms with Crippen LogP contribution in [0.25, 0.3) is 0 Å². The minimum Gasteiger partial charge on any atom is -0.260 e. The summed E-state index contributed by atoms with van der Waals surface area (Å²) in [6.45, 7) is 0. The van der Waals surface area contributed by atoms with Crippen molar-refractivity contribution in [3.8, 4) is 0 Å². The summed E-state index contributed by atoms with van der Waals surface area (Å²) in [5.41, 5.74) is -0.660. The van der Waals surface area contributed by atoms with Gasteiger partial charge in [0.25, 0.3) is 0 Å². The van der Waals surface area contributed by atoms with E-state index in [1.54, 1.807) is 0 Å². The average Bonchev–Trinajstić information content (AvgIpc) is 2.03. The van der Waals surface area contributed by atoms with E-state index in [9.17, 15) is 13.2 Å². The number of nitrogens with zero attached hydrogens (tertiary/aromatic N) is 1. The fraction of sp³-hybridized carbons (Fsp3) is 0.286. The summed E-state index contributed by atoms with van der Waals surface area (Å²) in [5, 5.41) is 0.114. The van der Waals surface area contributed by atoms with Crippen LogP contribution in [-0.2, 0) is 11.5 Å². The van der Waals surface area contributed by atoms with Crippen LogP contribution >= 0.6 is 28.3 Å². The summed E-state index contributed by atoms with van der Waals surface area (Å²) in [4.78, 5) is 3.60. The second kappa shape index (κ2) is 4.81. The zero-order valence-electron chi connectivity index (χ0n) is 6.31. The van der Waals surface area contributed by atoms with Gasteiger partial charge in [-0.1, -0.05) is 15.9 Å². The molecular weight excluding hydrogens is 270 g/mol. The van der Waals surface area contributed by atoms with E-state index in [0.717, 1.165) is 6.07 Å².